The van der Waals surface area contributed by atoms with Gasteiger partial charge in [-0.3, -0.25) is 5.32 Å². The van der Waals surface area contributed by atoms with Crippen molar-refractivity contribution < 1.29 is 4.79 Å². The van der Waals surface area contributed by atoms with Crippen LogP contribution in [0.3, 0.4) is 0 Å². The Hall–Kier alpha value is -1.60. The molecular formula is C16H19ClN4OS. The summed E-state index contributed by atoms with van der Waals surface area (Å²) in [5, 5.41) is 10.6. The van der Waals surface area contributed by atoms with Crippen LogP contribution < -0.4 is 21.7 Å². The van der Waals surface area contributed by atoms with Gasteiger partial charge in [-0.25, -0.2) is 4.79 Å². The fourth-order valence-electron chi connectivity index (χ4n) is 2.69. The van der Waals surface area contributed by atoms with E-state index in [1.165, 1.54) is 10.4 Å². The van der Waals surface area contributed by atoms with E-state index >= 15 is 0 Å². The number of halogens is 1. The van der Waals surface area contributed by atoms with Crippen LogP contribution in [0.25, 0.3) is 0 Å². The normalized spacial score (nSPS) is 14.0. The number of amides is 2. The maximum atomic E-state index is 12.2. The van der Waals surface area contributed by atoms with Crippen LogP contribution >= 0.6 is 22.9 Å². The van der Waals surface area contributed by atoms with Crippen molar-refractivity contribution in [2.45, 2.75) is 25.9 Å². The van der Waals surface area contributed by atoms with Crippen molar-refractivity contribution in [1.82, 2.24) is 5.32 Å². The van der Waals surface area contributed by atoms with Gasteiger partial charge in [0.2, 0.25) is 0 Å². The zero-order valence-corrected chi connectivity index (χ0v) is 14.2. The van der Waals surface area contributed by atoms with Gasteiger partial charge in [-0.15, -0.1) is 11.3 Å². The molecule has 1 aromatic heterocycles. The van der Waals surface area contributed by atoms with Crippen LogP contribution in [0.15, 0.2) is 24.3 Å². The highest BCUT2D eigenvalue weighted by Crippen LogP contribution is 2.35. The smallest absolute Gasteiger partial charge is 0.324 e. The fourth-order valence-corrected chi connectivity index (χ4v) is 4.06. The van der Waals surface area contributed by atoms with Gasteiger partial charge in [0.05, 0.1) is 0 Å². The number of thiophene rings is 1. The van der Waals surface area contributed by atoms with Gasteiger partial charge < -0.3 is 16.4 Å². The van der Waals surface area contributed by atoms with E-state index < -0.39 is 0 Å². The van der Waals surface area contributed by atoms with Crippen LogP contribution in [0.2, 0.25) is 5.02 Å². The van der Waals surface area contributed by atoms with Crippen molar-refractivity contribution in [3.63, 3.8) is 0 Å². The number of rotatable bonds is 3. The average molecular weight is 351 g/mol. The molecule has 1 aromatic carbocycles. The Bertz CT molecular complexity index is 699. The minimum atomic E-state index is -0.272. The lowest BCUT2D eigenvalue weighted by molar-refractivity contribution is 0.262. The first-order valence-corrected chi connectivity index (χ1v) is 8.74. The van der Waals surface area contributed by atoms with Gasteiger partial charge in [-0.05, 0) is 49.2 Å². The summed E-state index contributed by atoms with van der Waals surface area (Å²) in [4.78, 5) is 13.5. The molecule has 0 aliphatic carbocycles. The molecule has 2 aromatic rings. The van der Waals surface area contributed by atoms with E-state index in [0.29, 0.717) is 17.3 Å². The van der Waals surface area contributed by atoms with E-state index in [4.69, 9.17) is 17.3 Å². The second-order valence-corrected chi connectivity index (χ2v) is 6.92. The molecule has 0 saturated carbocycles. The second-order valence-electron chi connectivity index (χ2n) is 5.38. The summed E-state index contributed by atoms with van der Waals surface area (Å²) >= 11 is 7.45. The highest BCUT2D eigenvalue weighted by Gasteiger charge is 2.19. The van der Waals surface area contributed by atoms with Crippen molar-refractivity contribution in [3.8, 4) is 0 Å². The van der Waals surface area contributed by atoms with Gasteiger partial charge in [0.15, 0.2) is 0 Å². The van der Waals surface area contributed by atoms with E-state index in [-0.39, 0.29) is 6.03 Å². The summed E-state index contributed by atoms with van der Waals surface area (Å²) in [5.41, 5.74) is 8.96. The molecule has 3 rings (SSSR count). The highest BCUT2D eigenvalue weighted by molar-refractivity contribution is 7.16. The number of hydrogen-bond donors (Lipinski definition) is 4. The van der Waals surface area contributed by atoms with Crippen molar-refractivity contribution in [2.24, 2.45) is 5.73 Å². The molecular weight excluding hydrogens is 332 g/mol. The standard InChI is InChI=1S/C16H19ClN4OS/c17-10-3-5-11(6-4-10)20-16(22)21-15-13(8-18)12-2-1-7-19-9-14(12)23-15/h3-6,19H,1-2,7-9,18H2,(H2,20,21,22). The SMILES string of the molecule is NCc1c(NC(=O)Nc2ccc(Cl)cc2)sc2c1CCCNC2. The Morgan fingerprint density at radius 3 is 2.83 bits per heavy atom. The van der Waals surface area contributed by atoms with Gasteiger partial charge in [-0.1, -0.05) is 11.6 Å². The topological polar surface area (TPSA) is 79.2 Å². The van der Waals surface area contributed by atoms with Crippen LogP contribution in [0.1, 0.15) is 22.4 Å². The Morgan fingerprint density at radius 2 is 2.09 bits per heavy atom. The lowest BCUT2D eigenvalue weighted by Crippen LogP contribution is -2.20. The number of hydrogen-bond acceptors (Lipinski definition) is 4. The predicted octanol–water partition coefficient (Wildman–Crippen LogP) is 3.54. The van der Waals surface area contributed by atoms with Crippen molar-refractivity contribution in [3.05, 3.63) is 45.3 Å². The summed E-state index contributed by atoms with van der Waals surface area (Å²) in [6.45, 7) is 2.29. The van der Waals surface area contributed by atoms with Crippen LogP contribution in [0.4, 0.5) is 15.5 Å². The average Bonchev–Trinajstić information content (AvgIpc) is 2.69. The first-order chi connectivity index (χ1) is 11.2. The lowest BCUT2D eigenvalue weighted by Gasteiger charge is -2.09. The molecule has 0 atom stereocenters. The predicted molar refractivity (Wildman–Crippen MR) is 96.3 cm³/mol. The zero-order chi connectivity index (χ0) is 16.2. The zero-order valence-electron chi connectivity index (χ0n) is 12.6. The Balaban J connectivity index is 1.74. The monoisotopic (exact) mass is 350 g/mol. The summed E-state index contributed by atoms with van der Waals surface area (Å²) in [6, 6.07) is 6.73. The van der Waals surface area contributed by atoms with E-state index in [9.17, 15) is 4.79 Å². The van der Waals surface area contributed by atoms with Gasteiger partial charge in [0, 0.05) is 34.2 Å². The van der Waals surface area contributed by atoms with Crippen molar-refractivity contribution in [1.29, 1.82) is 0 Å². The molecule has 5 nitrogen and oxygen atoms in total. The molecule has 2 amide bonds. The molecule has 0 saturated heterocycles. The molecule has 0 spiro atoms. The van der Waals surface area contributed by atoms with E-state index in [0.717, 1.165) is 36.5 Å². The molecule has 5 N–H and O–H groups in total. The number of nitrogens with two attached hydrogens (primary N) is 1. The number of urea groups is 1. The van der Waals surface area contributed by atoms with Gasteiger partial charge >= 0.3 is 6.03 Å². The van der Waals surface area contributed by atoms with Crippen molar-refractivity contribution in [2.75, 3.05) is 17.2 Å². The molecule has 1 aliphatic heterocycles. The van der Waals surface area contributed by atoms with E-state index in [1.54, 1.807) is 35.6 Å². The lowest BCUT2D eigenvalue weighted by atomic mass is 10.1. The highest BCUT2D eigenvalue weighted by atomic mass is 35.5. The maximum absolute atomic E-state index is 12.2. The Kier molecular flexibility index (Phi) is 5.17. The van der Waals surface area contributed by atoms with Crippen LogP contribution in [0.5, 0.6) is 0 Å². The minimum absolute atomic E-state index is 0.272. The van der Waals surface area contributed by atoms with E-state index in [2.05, 4.69) is 16.0 Å². The molecule has 7 heteroatoms. The first-order valence-electron chi connectivity index (χ1n) is 7.55. The maximum Gasteiger partial charge on any atom is 0.324 e. The third kappa shape index (κ3) is 3.84. The second kappa shape index (κ2) is 7.31. The number of carbonyl (C=O) groups is 1. The molecule has 2 heterocycles. The number of nitrogens with one attached hydrogen (secondary N) is 3. The molecule has 0 radical (unpaired) electrons. The van der Waals surface area contributed by atoms with Crippen LogP contribution in [-0.2, 0) is 19.5 Å². The van der Waals surface area contributed by atoms with Crippen LogP contribution in [-0.4, -0.2) is 12.6 Å². The third-order valence-electron chi connectivity index (χ3n) is 3.80. The molecule has 1 aliphatic rings. The molecule has 23 heavy (non-hydrogen) atoms. The quantitative estimate of drug-likeness (QED) is 0.683. The molecule has 122 valence electrons. The minimum Gasteiger partial charge on any atom is -0.326 e. The largest absolute Gasteiger partial charge is 0.326 e. The summed E-state index contributed by atoms with van der Waals surface area (Å²) < 4.78 is 0. The van der Waals surface area contributed by atoms with Gasteiger partial charge in [0.25, 0.3) is 0 Å². The Morgan fingerprint density at radius 1 is 1.30 bits per heavy atom. The van der Waals surface area contributed by atoms with Gasteiger partial charge in [-0.2, -0.15) is 0 Å². The molecule has 0 fully saturated rings. The number of benzene rings is 1. The Labute approximate surface area is 144 Å². The molecule has 0 unspecified atom stereocenters. The molecule has 0 bridgehead atoms. The summed E-state index contributed by atoms with van der Waals surface area (Å²) in [7, 11) is 0. The van der Waals surface area contributed by atoms with Gasteiger partial charge in [0.1, 0.15) is 5.00 Å². The number of fused-ring (bicyclic) bond motifs is 1. The summed E-state index contributed by atoms with van der Waals surface area (Å²) in [6.07, 6.45) is 2.10. The van der Waals surface area contributed by atoms with Crippen LogP contribution in [0, 0.1) is 0 Å². The number of carbonyl (C=O) groups excluding carboxylic acids is 1. The number of anilines is 2. The fraction of sp³-hybridized carbons (Fsp3) is 0.312. The summed E-state index contributed by atoms with van der Waals surface area (Å²) in [5.74, 6) is 0. The third-order valence-corrected chi connectivity index (χ3v) is 5.24. The van der Waals surface area contributed by atoms with Crippen molar-refractivity contribution >= 4 is 39.7 Å². The first kappa shape index (κ1) is 16.3. The van der Waals surface area contributed by atoms with E-state index in [1.807, 2.05) is 0 Å².